The van der Waals surface area contributed by atoms with Crippen LogP contribution in [0.4, 0.5) is 13.2 Å². The van der Waals surface area contributed by atoms with Gasteiger partial charge in [-0.3, -0.25) is 0 Å². The Morgan fingerprint density at radius 2 is 2.09 bits per heavy atom. The van der Waals surface area contributed by atoms with Crippen LogP contribution in [0.15, 0.2) is 30.6 Å². The number of hydrogen-bond acceptors (Lipinski definition) is 6. The Kier molecular flexibility index (Phi) is 5.79. The zero-order valence-corrected chi connectivity index (χ0v) is 17.4. The lowest BCUT2D eigenvalue weighted by Crippen LogP contribution is -2.29. The first kappa shape index (κ1) is 22.0. The van der Waals surface area contributed by atoms with Gasteiger partial charge in [0.25, 0.3) is 0 Å². The van der Waals surface area contributed by atoms with E-state index in [0.29, 0.717) is 30.5 Å². The average Bonchev–Trinajstić information content (AvgIpc) is 3.38. The predicted octanol–water partition coefficient (Wildman–Crippen LogP) is 3.41. The van der Waals surface area contributed by atoms with E-state index in [2.05, 4.69) is 15.3 Å². The standard InChI is InChI=1S/C22H22F3N5O2/c1-30-13-28-20-17(11-26)29-16(10-18(20)30)14-3-4-19(15(9-14)22(23,24)25)32-8-2-7-27-12-21(31)5-6-21/h3-4,9-10,13,27,31H,2,5-8,12H2,1H3. The molecule has 1 aliphatic carbocycles. The van der Waals surface area contributed by atoms with Crippen LogP contribution < -0.4 is 10.1 Å². The molecule has 1 aliphatic rings. The number of alkyl halides is 3. The normalized spacial score (nSPS) is 15.0. The van der Waals surface area contributed by atoms with Crippen LogP contribution in [0.2, 0.25) is 0 Å². The molecule has 2 N–H and O–H groups in total. The summed E-state index contributed by atoms with van der Waals surface area (Å²) in [6.07, 6.45) is -1.05. The van der Waals surface area contributed by atoms with E-state index in [0.717, 1.165) is 18.9 Å². The summed E-state index contributed by atoms with van der Waals surface area (Å²) in [6, 6.07) is 7.32. The van der Waals surface area contributed by atoms with E-state index in [1.54, 1.807) is 17.7 Å². The molecule has 0 unspecified atom stereocenters. The van der Waals surface area contributed by atoms with Crippen molar-refractivity contribution < 1.29 is 23.0 Å². The van der Waals surface area contributed by atoms with Gasteiger partial charge in [-0.25, -0.2) is 9.97 Å². The SMILES string of the molecule is Cn1cnc2c(C#N)nc(-c3ccc(OCCCNCC4(O)CC4)c(C(F)(F)F)c3)cc21. The maximum atomic E-state index is 13.7. The Bertz CT molecular complexity index is 1180. The number of aryl methyl sites for hydroxylation is 1. The van der Waals surface area contributed by atoms with Gasteiger partial charge >= 0.3 is 6.18 Å². The summed E-state index contributed by atoms with van der Waals surface area (Å²) < 4.78 is 48.2. The third-order valence-electron chi connectivity index (χ3n) is 5.44. The predicted molar refractivity (Wildman–Crippen MR) is 111 cm³/mol. The number of pyridine rings is 1. The van der Waals surface area contributed by atoms with Gasteiger partial charge in [-0.1, -0.05) is 0 Å². The zero-order chi connectivity index (χ0) is 22.9. The Morgan fingerprint density at radius 1 is 1.31 bits per heavy atom. The Labute approximate surface area is 182 Å². The largest absolute Gasteiger partial charge is 0.493 e. The monoisotopic (exact) mass is 445 g/mol. The van der Waals surface area contributed by atoms with E-state index in [-0.39, 0.29) is 29.3 Å². The first-order chi connectivity index (χ1) is 15.2. The van der Waals surface area contributed by atoms with Crippen LogP contribution in [0.25, 0.3) is 22.3 Å². The molecule has 0 bridgehead atoms. The van der Waals surface area contributed by atoms with Gasteiger partial charge in [-0.2, -0.15) is 18.4 Å². The molecular weight excluding hydrogens is 423 g/mol. The third-order valence-corrected chi connectivity index (χ3v) is 5.44. The number of aromatic nitrogens is 3. The van der Waals surface area contributed by atoms with E-state index in [1.807, 2.05) is 6.07 Å². The number of aliphatic hydroxyl groups is 1. The van der Waals surface area contributed by atoms with Crippen LogP contribution in [-0.2, 0) is 13.2 Å². The zero-order valence-electron chi connectivity index (χ0n) is 17.4. The van der Waals surface area contributed by atoms with Gasteiger partial charge in [0.05, 0.1) is 35.3 Å². The highest BCUT2D eigenvalue weighted by atomic mass is 19.4. The van der Waals surface area contributed by atoms with Crippen LogP contribution in [0.3, 0.4) is 0 Å². The van der Waals surface area contributed by atoms with E-state index in [4.69, 9.17) is 4.74 Å². The number of rotatable bonds is 8. The molecule has 2 heterocycles. The fourth-order valence-electron chi connectivity index (χ4n) is 3.41. The first-order valence-corrected chi connectivity index (χ1v) is 10.2. The van der Waals surface area contributed by atoms with Crippen LogP contribution in [0.1, 0.15) is 30.5 Å². The fourth-order valence-corrected chi connectivity index (χ4v) is 3.41. The lowest BCUT2D eigenvalue weighted by atomic mass is 10.1. The number of imidazole rings is 1. The summed E-state index contributed by atoms with van der Waals surface area (Å²) in [5, 5.41) is 22.2. The molecule has 0 saturated heterocycles. The van der Waals surface area contributed by atoms with Crippen LogP contribution in [0.5, 0.6) is 5.75 Å². The van der Waals surface area contributed by atoms with Gasteiger partial charge in [0.2, 0.25) is 0 Å². The highest BCUT2D eigenvalue weighted by molar-refractivity contribution is 5.84. The first-order valence-electron chi connectivity index (χ1n) is 10.2. The van der Waals surface area contributed by atoms with Crippen molar-refractivity contribution in [3.05, 3.63) is 41.9 Å². The summed E-state index contributed by atoms with van der Waals surface area (Å²) in [6.45, 7) is 1.12. The van der Waals surface area contributed by atoms with Gasteiger partial charge in [-0.05, 0) is 50.1 Å². The van der Waals surface area contributed by atoms with Crippen molar-refractivity contribution in [1.82, 2.24) is 19.9 Å². The quantitative estimate of drug-likeness (QED) is 0.516. The molecule has 4 rings (SSSR count). The number of benzene rings is 1. The van der Waals surface area contributed by atoms with E-state index < -0.39 is 17.3 Å². The van der Waals surface area contributed by atoms with Gasteiger partial charge in [0, 0.05) is 19.2 Å². The Morgan fingerprint density at radius 3 is 2.78 bits per heavy atom. The number of halogens is 3. The molecular formula is C22H22F3N5O2. The minimum absolute atomic E-state index is 0.0512. The molecule has 0 atom stereocenters. The molecule has 1 saturated carbocycles. The summed E-state index contributed by atoms with van der Waals surface area (Å²) >= 11 is 0. The molecule has 168 valence electrons. The maximum Gasteiger partial charge on any atom is 0.419 e. The topological polar surface area (TPSA) is 96.0 Å². The molecule has 0 spiro atoms. The minimum Gasteiger partial charge on any atom is -0.493 e. The van der Waals surface area contributed by atoms with Crippen LogP contribution >= 0.6 is 0 Å². The molecule has 32 heavy (non-hydrogen) atoms. The number of ether oxygens (including phenoxy) is 1. The van der Waals surface area contributed by atoms with Crippen LogP contribution in [-0.4, -0.2) is 44.9 Å². The summed E-state index contributed by atoms with van der Waals surface area (Å²) in [7, 11) is 1.73. The van der Waals surface area contributed by atoms with Crippen molar-refractivity contribution in [3.8, 4) is 23.1 Å². The highest BCUT2D eigenvalue weighted by Crippen LogP contribution is 2.39. The minimum atomic E-state index is -4.62. The van der Waals surface area contributed by atoms with Crippen molar-refractivity contribution in [3.63, 3.8) is 0 Å². The summed E-state index contributed by atoms with van der Waals surface area (Å²) in [4.78, 5) is 8.33. The molecule has 0 aliphatic heterocycles. The molecule has 1 fully saturated rings. The second kappa shape index (κ2) is 8.41. The Hall–Kier alpha value is -3.16. The van der Waals surface area contributed by atoms with Gasteiger partial charge < -0.3 is 19.7 Å². The van der Waals surface area contributed by atoms with Crippen molar-refractivity contribution in [2.24, 2.45) is 7.05 Å². The maximum absolute atomic E-state index is 13.7. The van der Waals surface area contributed by atoms with Crippen molar-refractivity contribution in [2.75, 3.05) is 19.7 Å². The molecule has 7 nitrogen and oxygen atoms in total. The van der Waals surface area contributed by atoms with E-state index in [1.165, 1.54) is 18.5 Å². The lowest BCUT2D eigenvalue weighted by molar-refractivity contribution is -0.138. The van der Waals surface area contributed by atoms with E-state index >= 15 is 0 Å². The molecule has 2 aromatic heterocycles. The number of hydrogen-bond donors (Lipinski definition) is 2. The van der Waals surface area contributed by atoms with Gasteiger partial charge in [0.1, 0.15) is 17.3 Å². The third kappa shape index (κ3) is 4.69. The fraction of sp³-hybridized carbons (Fsp3) is 0.409. The number of fused-ring (bicyclic) bond motifs is 1. The number of nitriles is 1. The molecule has 1 aromatic carbocycles. The number of nitrogens with one attached hydrogen (secondary N) is 1. The molecule has 0 radical (unpaired) electrons. The molecule has 3 aromatic rings. The van der Waals surface area contributed by atoms with Gasteiger partial charge in [0.15, 0.2) is 5.69 Å². The Balaban J connectivity index is 1.53. The second-order valence-electron chi connectivity index (χ2n) is 8.00. The highest BCUT2D eigenvalue weighted by Gasteiger charge is 2.39. The second-order valence-corrected chi connectivity index (χ2v) is 8.00. The smallest absolute Gasteiger partial charge is 0.419 e. The van der Waals surface area contributed by atoms with Gasteiger partial charge in [-0.15, -0.1) is 0 Å². The lowest BCUT2D eigenvalue weighted by Gasteiger charge is -2.16. The molecule has 0 amide bonds. The number of nitrogens with zero attached hydrogens (tertiary/aromatic N) is 4. The average molecular weight is 445 g/mol. The van der Waals surface area contributed by atoms with Crippen molar-refractivity contribution in [1.29, 1.82) is 5.26 Å². The molecule has 10 heteroatoms. The summed E-state index contributed by atoms with van der Waals surface area (Å²) in [5.74, 6) is -0.260. The van der Waals surface area contributed by atoms with Crippen LogP contribution in [0, 0.1) is 11.3 Å². The summed E-state index contributed by atoms with van der Waals surface area (Å²) in [5.41, 5.74) is 0.00965. The van der Waals surface area contributed by atoms with Crippen molar-refractivity contribution >= 4 is 11.0 Å². The van der Waals surface area contributed by atoms with E-state index in [9.17, 15) is 23.5 Å². The van der Waals surface area contributed by atoms with Crippen molar-refractivity contribution in [2.45, 2.75) is 31.0 Å².